The van der Waals surface area contributed by atoms with Crippen LogP contribution in [0.25, 0.3) is 0 Å². The molecule has 0 aromatic heterocycles. The van der Waals surface area contributed by atoms with Crippen LogP contribution >= 0.6 is 0 Å². The summed E-state index contributed by atoms with van der Waals surface area (Å²) in [5.74, 6) is 1.18. The number of hydrogen-bond donors (Lipinski definition) is 2. The van der Waals surface area contributed by atoms with Crippen molar-refractivity contribution in [3.63, 3.8) is 0 Å². The number of hydrogen-bond acceptors (Lipinski definition) is 6. The molecule has 190 valence electrons. The summed E-state index contributed by atoms with van der Waals surface area (Å²) >= 11 is 0. The molecule has 37 heavy (non-hydrogen) atoms. The number of allylic oxidation sites excluding steroid dienone is 1. The lowest BCUT2D eigenvalue weighted by Crippen LogP contribution is -2.36. The van der Waals surface area contributed by atoms with Crippen LogP contribution < -0.4 is 20.3 Å². The van der Waals surface area contributed by atoms with Crippen molar-refractivity contribution in [2.45, 2.75) is 31.7 Å². The van der Waals surface area contributed by atoms with Gasteiger partial charge in [-0.05, 0) is 66.8 Å². The van der Waals surface area contributed by atoms with Crippen molar-refractivity contribution in [3.8, 4) is 5.75 Å². The summed E-state index contributed by atoms with van der Waals surface area (Å²) in [6, 6.07) is 24.8. The third-order valence-electron chi connectivity index (χ3n) is 7.57. The Bertz CT molecular complexity index is 1290. The summed E-state index contributed by atoms with van der Waals surface area (Å²) in [5, 5.41) is 7.32. The van der Waals surface area contributed by atoms with Gasteiger partial charge in [0.05, 0.1) is 37.2 Å². The molecule has 3 aliphatic rings. The van der Waals surface area contributed by atoms with Crippen molar-refractivity contribution in [2.24, 2.45) is 0 Å². The van der Waals surface area contributed by atoms with Crippen molar-refractivity contribution in [3.05, 3.63) is 95.2 Å². The second-order valence-corrected chi connectivity index (χ2v) is 9.86. The second kappa shape index (κ2) is 10.3. The lowest BCUT2D eigenvalue weighted by atomic mass is 9.78. The van der Waals surface area contributed by atoms with Crippen molar-refractivity contribution >= 4 is 22.8 Å². The lowest BCUT2D eigenvalue weighted by Gasteiger charge is -2.31. The number of benzene rings is 3. The number of rotatable bonds is 5. The molecule has 2 atom stereocenters. The third kappa shape index (κ3) is 4.81. The number of para-hydroxylation sites is 2. The van der Waals surface area contributed by atoms with E-state index < -0.39 is 0 Å². The predicted octanol–water partition coefficient (Wildman–Crippen LogP) is 5.90. The van der Waals surface area contributed by atoms with Crippen LogP contribution in [0.3, 0.4) is 0 Å². The smallest absolute Gasteiger partial charge is 0.163 e. The van der Waals surface area contributed by atoms with Crippen molar-refractivity contribution in [1.82, 2.24) is 0 Å². The maximum atomic E-state index is 13.8. The van der Waals surface area contributed by atoms with E-state index in [2.05, 4.69) is 64.1 Å². The Morgan fingerprint density at radius 2 is 1.59 bits per heavy atom. The Morgan fingerprint density at radius 1 is 0.892 bits per heavy atom. The molecule has 0 radical (unpaired) electrons. The molecule has 1 fully saturated rings. The first-order valence-corrected chi connectivity index (χ1v) is 13.2. The van der Waals surface area contributed by atoms with Gasteiger partial charge in [0.25, 0.3) is 0 Å². The molecule has 3 aromatic carbocycles. The number of ether oxygens (including phenoxy) is 2. The summed E-state index contributed by atoms with van der Waals surface area (Å²) in [6.07, 6.45) is 1.28. The van der Waals surface area contributed by atoms with Crippen molar-refractivity contribution in [1.29, 1.82) is 0 Å². The minimum atomic E-state index is -0.210. The Kier molecular flexibility index (Phi) is 6.58. The Labute approximate surface area is 218 Å². The Balaban J connectivity index is 1.34. The molecule has 0 saturated carbocycles. The molecule has 1 aliphatic carbocycles. The summed E-state index contributed by atoms with van der Waals surface area (Å²) in [6.45, 7) is 5.95. The largest absolute Gasteiger partial charge is 0.494 e. The van der Waals surface area contributed by atoms with E-state index in [1.54, 1.807) is 0 Å². The molecular weight excluding hydrogens is 462 g/mol. The van der Waals surface area contributed by atoms with Gasteiger partial charge in [-0.3, -0.25) is 4.79 Å². The summed E-state index contributed by atoms with van der Waals surface area (Å²) < 4.78 is 11.1. The van der Waals surface area contributed by atoms with Crippen molar-refractivity contribution in [2.75, 3.05) is 48.4 Å². The normalized spacial score (nSPS) is 21.3. The highest BCUT2D eigenvalue weighted by Crippen LogP contribution is 2.44. The number of fused-ring (bicyclic) bond motifs is 1. The van der Waals surface area contributed by atoms with Crippen LogP contribution in [0, 0.1) is 0 Å². The van der Waals surface area contributed by atoms with Crippen molar-refractivity contribution < 1.29 is 14.3 Å². The Morgan fingerprint density at radius 3 is 2.32 bits per heavy atom. The maximum absolute atomic E-state index is 13.8. The fraction of sp³-hybridized carbons (Fsp3) is 0.323. The van der Waals surface area contributed by atoms with Gasteiger partial charge >= 0.3 is 0 Å². The monoisotopic (exact) mass is 495 g/mol. The minimum Gasteiger partial charge on any atom is -0.494 e. The number of ketones is 1. The zero-order chi connectivity index (χ0) is 25.2. The van der Waals surface area contributed by atoms with E-state index in [0.717, 1.165) is 66.7 Å². The van der Waals surface area contributed by atoms with E-state index in [1.807, 2.05) is 31.2 Å². The fourth-order valence-corrected chi connectivity index (χ4v) is 5.68. The van der Waals surface area contributed by atoms with Crippen LogP contribution in [-0.4, -0.2) is 38.7 Å². The molecule has 1 saturated heterocycles. The van der Waals surface area contributed by atoms with Gasteiger partial charge in [0.1, 0.15) is 5.75 Å². The number of nitrogens with zero attached hydrogens (tertiary/aromatic N) is 1. The molecule has 2 aliphatic heterocycles. The number of Topliss-reactive ketones (excluding diaryl/α,β-unsaturated/α-hetero) is 1. The Hall–Kier alpha value is -3.77. The average molecular weight is 496 g/mol. The van der Waals surface area contributed by atoms with Gasteiger partial charge in [0, 0.05) is 36.5 Å². The van der Waals surface area contributed by atoms with Gasteiger partial charge in [-0.1, -0.05) is 36.4 Å². The molecular formula is C31H33N3O3. The first-order chi connectivity index (χ1) is 18.2. The van der Waals surface area contributed by atoms with Gasteiger partial charge in [-0.25, -0.2) is 0 Å². The molecule has 2 N–H and O–H groups in total. The third-order valence-corrected chi connectivity index (χ3v) is 7.57. The van der Waals surface area contributed by atoms with Gasteiger partial charge in [0.2, 0.25) is 0 Å². The molecule has 6 heteroatoms. The minimum absolute atomic E-state index is 0.129. The predicted molar refractivity (Wildman–Crippen MR) is 148 cm³/mol. The number of nitrogens with one attached hydrogen (secondary N) is 2. The van der Waals surface area contributed by atoms with Gasteiger partial charge in [0.15, 0.2) is 5.78 Å². The van der Waals surface area contributed by atoms with E-state index in [9.17, 15) is 4.79 Å². The van der Waals surface area contributed by atoms with E-state index in [1.165, 1.54) is 11.3 Å². The first kappa shape index (κ1) is 23.6. The standard InChI is InChI=1S/C31H33N3O3/c1-2-37-25-13-9-21(10-14-25)23-19-28-30(29(35)20-23)31(33-27-6-4-3-5-26(27)32-28)22-7-11-24(12-8-22)34-15-17-36-18-16-34/h3-14,23,31-33H,2,15-20H2,1H3. The highest BCUT2D eigenvalue weighted by atomic mass is 16.5. The summed E-state index contributed by atoms with van der Waals surface area (Å²) in [7, 11) is 0. The summed E-state index contributed by atoms with van der Waals surface area (Å²) in [5.41, 5.74) is 7.32. The van der Waals surface area contributed by atoms with E-state index in [4.69, 9.17) is 9.47 Å². The van der Waals surface area contributed by atoms with Crippen LogP contribution in [0.4, 0.5) is 17.1 Å². The first-order valence-electron chi connectivity index (χ1n) is 13.2. The van der Waals surface area contributed by atoms with Crippen LogP contribution in [0.2, 0.25) is 0 Å². The topological polar surface area (TPSA) is 62.8 Å². The quantitative estimate of drug-likeness (QED) is 0.459. The molecule has 2 heterocycles. The number of carbonyl (C=O) groups excluding carboxylic acids is 1. The van der Waals surface area contributed by atoms with E-state index in [-0.39, 0.29) is 17.7 Å². The summed E-state index contributed by atoms with van der Waals surface area (Å²) in [4.78, 5) is 16.1. The highest BCUT2D eigenvalue weighted by molar-refractivity contribution is 6.01. The van der Waals surface area contributed by atoms with Crippen LogP contribution in [0.1, 0.15) is 42.9 Å². The zero-order valence-corrected chi connectivity index (χ0v) is 21.2. The van der Waals surface area contributed by atoms with E-state index in [0.29, 0.717) is 13.0 Å². The van der Waals surface area contributed by atoms with Gasteiger partial charge in [-0.2, -0.15) is 0 Å². The SMILES string of the molecule is CCOc1ccc(C2CC(=O)C3=C(C2)Nc2ccccc2NC3c2ccc(N3CCOCC3)cc2)cc1. The molecule has 2 unspecified atom stereocenters. The van der Waals surface area contributed by atoms with Gasteiger partial charge in [-0.15, -0.1) is 0 Å². The highest BCUT2D eigenvalue weighted by Gasteiger charge is 2.36. The lowest BCUT2D eigenvalue weighted by molar-refractivity contribution is -0.116. The van der Waals surface area contributed by atoms with Crippen LogP contribution in [0.15, 0.2) is 84.1 Å². The van der Waals surface area contributed by atoms with E-state index >= 15 is 0 Å². The second-order valence-electron chi connectivity index (χ2n) is 9.86. The molecule has 0 spiro atoms. The van der Waals surface area contributed by atoms with Gasteiger partial charge < -0.3 is 25.0 Å². The molecule has 6 rings (SSSR count). The number of carbonyl (C=O) groups is 1. The zero-order valence-electron chi connectivity index (χ0n) is 21.2. The fourth-order valence-electron chi connectivity index (χ4n) is 5.68. The van der Waals surface area contributed by atoms with Crippen LogP contribution in [0.5, 0.6) is 5.75 Å². The molecule has 0 bridgehead atoms. The molecule has 0 amide bonds. The average Bonchev–Trinajstić information content (AvgIpc) is 3.11. The number of morpholine rings is 1. The molecule has 6 nitrogen and oxygen atoms in total. The number of anilines is 3. The maximum Gasteiger partial charge on any atom is 0.163 e. The van der Waals surface area contributed by atoms with Crippen LogP contribution in [-0.2, 0) is 9.53 Å². The molecule has 3 aromatic rings.